The fourth-order valence-electron chi connectivity index (χ4n) is 4.63. The Kier molecular flexibility index (Phi) is 8.29. The summed E-state index contributed by atoms with van der Waals surface area (Å²) in [5, 5.41) is 21.2. The predicted octanol–water partition coefficient (Wildman–Crippen LogP) is 3.58. The number of halogens is 1. The van der Waals surface area contributed by atoms with Gasteiger partial charge in [-0.3, -0.25) is 29.4 Å². The summed E-state index contributed by atoms with van der Waals surface area (Å²) in [5.74, 6) is 0.266. The number of thioether (sulfide) groups is 1. The van der Waals surface area contributed by atoms with Crippen LogP contribution in [0.1, 0.15) is 35.8 Å². The van der Waals surface area contributed by atoms with E-state index in [9.17, 15) is 14.9 Å². The average molecular weight is 555 g/mol. The topological polar surface area (TPSA) is 125 Å². The molecule has 0 saturated carbocycles. The molecule has 1 fully saturated rings. The summed E-state index contributed by atoms with van der Waals surface area (Å²) in [5.41, 5.74) is 1.23. The van der Waals surface area contributed by atoms with E-state index >= 15 is 4.39 Å². The van der Waals surface area contributed by atoms with Gasteiger partial charge in [0.15, 0.2) is 11.0 Å². The lowest BCUT2D eigenvalue weighted by Gasteiger charge is -2.26. The average Bonchev–Trinajstić information content (AvgIpc) is 3.31. The number of non-ortho nitro benzene ring substituents is 1. The number of rotatable bonds is 9. The van der Waals surface area contributed by atoms with Crippen molar-refractivity contribution >= 4 is 29.1 Å². The highest BCUT2D eigenvalue weighted by Gasteiger charge is 2.31. The fourth-order valence-corrected chi connectivity index (χ4v) is 5.58. The Balaban J connectivity index is 1.60. The van der Waals surface area contributed by atoms with Crippen LogP contribution in [0.25, 0.3) is 5.69 Å². The first-order valence-electron chi connectivity index (χ1n) is 12.5. The van der Waals surface area contributed by atoms with Crippen LogP contribution in [0.15, 0.2) is 52.6 Å². The molecule has 3 heterocycles. The quantitative estimate of drug-likeness (QED) is 0.169. The Bertz CT molecular complexity index is 1410. The van der Waals surface area contributed by atoms with Crippen LogP contribution in [-0.2, 0) is 14.3 Å². The van der Waals surface area contributed by atoms with Crippen LogP contribution < -0.4 is 0 Å². The Morgan fingerprint density at radius 2 is 2.00 bits per heavy atom. The van der Waals surface area contributed by atoms with E-state index in [0.29, 0.717) is 35.4 Å². The van der Waals surface area contributed by atoms with Crippen LogP contribution >= 0.6 is 11.8 Å². The van der Waals surface area contributed by atoms with Gasteiger partial charge in [-0.2, -0.15) is 0 Å². The monoisotopic (exact) mass is 554 g/mol. The van der Waals surface area contributed by atoms with Crippen LogP contribution in [0.4, 0.5) is 10.1 Å². The maximum absolute atomic E-state index is 15.1. The van der Waals surface area contributed by atoms with Crippen molar-refractivity contribution in [2.75, 3.05) is 45.7 Å². The van der Waals surface area contributed by atoms with Gasteiger partial charge in [-0.1, -0.05) is 23.9 Å². The van der Waals surface area contributed by atoms with E-state index in [1.165, 1.54) is 37.1 Å². The van der Waals surface area contributed by atoms with E-state index in [1.807, 2.05) is 4.57 Å². The molecule has 0 radical (unpaired) electrons. The number of nitro groups is 1. The standard InChI is InChI=1S/C26H27FN6O5S/c1-37-23(34)9-7-21-25-29-30-26(39-15-12-31-10-13-38-14-11-31)32(25)22-8-6-17(33(35)36)16-19(22)24(28-21)18-4-2-3-5-20(18)27/h2-6,8,16,21H,7,9-15H2,1H3/t21-/m0/s1. The maximum atomic E-state index is 15.1. The summed E-state index contributed by atoms with van der Waals surface area (Å²) in [4.78, 5) is 30.4. The number of ether oxygens (including phenoxy) is 2. The molecule has 1 aromatic heterocycles. The van der Waals surface area contributed by atoms with E-state index in [0.717, 1.165) is 25.4 Å². The zero-order valence-electron chi connectivity index (χ0n) is 21.3. The largest absolute Gasteiger partial charge is 0.469 e. The number of carbonyl (C=O) groups excluding carboxylic acids is 1. The maximum Gasteiger partial charge on any atom is 0.305 e. The summed E-state index contributed by atoms with van der Waals surface area (Å²) < 4.78 is 27.2. The number of carbonyl (C=O) groups is 1. The minimum Gasteiger partial charge on any atom is -0.469 e. The number of hydrogen-bond donors (Lipinski definition) is 0. The highest BCUT2D eigenvalue weighted by atomic mass is 32.2. The third-order valence-corrected chi connectivity index (χ3v) is 7.56. The molecule has 1 saturated heterocycles. The molecule has 11 nitrogen and oxygen atoms in total. The van der Waals surface area contributed by atoms with Crippen molar-refractivity contribution in [3.63, 3.8) is 0 Å². The van der Waals surface area contributed by atoms with Crippen molar-refractivity contribution in [3.05, 3.63) is 75.3 Å². The summed E-state index contributed by atoms with van der Waals surface area (Å²) in [6.07, 6.45) is 0.287. The van der Waals surface area contributed by atoms with Crippen LogP contribution in [0.2, 0.25) is 0 Å². The van der Waals surface area contributed by atoms with Crippen molar-refractivity contribution < 1.29 is 23.6 Å². The van der Waals surface area contributed by atoms with E-state index in [4.69, 9.17) is 14.5 Å². The predicted molar refractivity (Wildman–Crippen MR) is 142 cm³/mol. The minimum atomic E-state index is -0.675. The Labute approximate surface area is 228 Å². The molecule has 0 unspecified atom stereocenters. The van der Waals surface area contributed by atoms with Crippen LogP contribution in [-0.4, -0.2) is 82.0 Å². The molecule has 0 amide bonds. The molecule has 3 aromatic rings. The van der Waals surface area contributed by atoms with Gasteiger partial charge >= 0.3 is 5.97 Å². The van der Waals surface area contributed by atoms with E-state index in [-0.39, 0.29) is 29.8 Å². The summed E-state index contributed by atoms with van der Waals surface area (Å²) in [6.45, 7) is 3.96. The molecular formula is C26H27FN6O5S. The number of fused-ring (bicyclic) bond motifs is 3. The van der Waals surface area contributed by atoms with Crippen molar-refractivity contribution in [1.29, 1.82) is 0 Å². The second-order valence-corrected chi connectivity index (χ2v) is 10.1. The third kappa shape index (κ3) is 5.84. The van der Waals surface area contributed by atoms with E-state index < -0.39 is 22.8 Å². The molecule has 2 aromatic carbocycles. The summed E-state index contributed by atoms with van der Waals surface area (Å²) in [6, 6.07) is 9.89. The van der Waals surface area contributed by atoms with Crippen molar-refractivity contribution in [1.82, 2.24) is 19.7 Å². The first kappa shape index (κ1) is 26.9. The molecule has 2 aliphatic heterocycles. The third-order valence-electron chi connectivity index (χ3n) is 6.65. The molecular weight excluding hydrogens is 527 g/mol. The van der Waals surface area contributed by atoms with E-state index in [1.54, 1.807) is 24.3 Å². The second kappa shape index (κ2) is 12.0. The van der Waals surface area contributed by atoms with Gasteiger partial charge in [0.1, 0.15) is 11.9 Å². The van der Waals surface area contributed by atoms with Crippen molar-refractivity contribution in [2.45, 2.75) is 24.0 Å². The lowest BCUT2D eigenvalue weighted by molar-refractivity contribution is -0.384. The number of esters is 1. The van der Waals surface area contributed by atoms with Gasteiger partial charge in [-0.05, 0) is 24.6 Å². The van der Waals surface area contributed by atoms with E-state index in [2.05, 4.69) is 15.1 Å². The molecule has 13 heteroatoms. The summed E-state index contributed by atoms with van der Waals surface area (Å²) >= 11 is 1.51. The minimum absolute atomic E-state index is 0.0536. The lowest BCUT2D eigenvalue weighted by atomic mass is 9.99. The zero-order valence-corrected chi connectivity index (χ0v) is 22.1. The molecule has 2 aliphatic rings. The number of hydrogen-bond acceptors (Lipinski definition) is 10. The van der Waals surface area contributed by atoms with Crippen molar-refractivity contribution in [3.8, 4) is 5.69 Å². The van der Waals surface area contributed by atoms with Gasteiger partial charge in [-0.25, -0.2) is 4.39 Å². The number of benzene rings is 2. The molecule has 0 bridgehead atoms. The van der Waals surface area contributed by atoms with Crippen LogP contribution in [0.3, 0.4) is 0 Å². The number of nitrogens with zero attached hydrogens (tertiary/aromatic N) is 6. The van der Waals surface area contributed by atoms with Crippen LogP contribution in [0.5, 0.6) is 0 Å². The number of methoxy groups -OCH3 is 1. The normalized spacial score (nSPS) is 17.1. The lowest BCUT2D eigenvalue weighted by Crippen LogP contribution is -2.37. The molecule has 204 valence electrons. The summed E-state index contributed by atoms with van der Waals surface area (Å²) in [7, 11) is 1.31. The van der Waals surface area contributed by atoms with Gasteiger partial charge in [-0.15, -0.1) is 10.2 Å². The molecule has 0 N–H and O–H groups in total. The van der Waals surface area contributed by atoms with Crippen molar-refractivity contribution in [2.24, 2.45) is 4.99 Å². The number of morpholine rings is 1. The molecule has 0 spiro atoms. The Morgan fingerprint density at radius 3 is 2.74 bits per heavy atom. The molecule has 5 rings (SSSR count). The van der Waals surface area contributed by atoms with Gasteiger partial charge in [0.25, 0.3) is 5.69 Å². The fraction of sp³-hybridized carbons (Fsp3) is 0.385. The second-order valence-electron chi connectivity index (χ2n) is 9.03. The van der Waals surface area contributed by atoms with Crippen LogP contribution in [0, 0.1) is 15.9 Å². The number of aliphatic imine (C=N–C) groups is 1. The Morgan fingerprint density at radius 1 is 1.21 bits per heavy atom. The molecule has 39 heavy (non-hydrogen) atoms. The Hall–Kier alpha value is -3.68. The first-order chi connectivity index (χ1) is 19.0. The highest BCUT2D eigenvalue weighted by molar-refractivity contribution is 7.99. The first-order valence-corrected chi connectivity index (χ1v) is 13.5. The molecule has 0 aliphatic carbocycles. The van der Waals surface area contributed by atoms with Gasteiger partial charge in [0.05, 0.1) is 36.6 Å². The van der Waals surface area contributed by atoms with Gasteiger partial charge in [0.2, 0.25) is 0 Å². The highest BCUT2D eigenvalue weighted by Crippen LogP contribution is 2.37. The smallest absolute Gasteiger partial charge is 0.305 e. The van der Waals surface area contributed by atoms with Gasteiger partial charge < -0.3 is 9.47 Å². The zero-order chi connectivity index (χ0) is 27.4. The SMILES string of the molecule is COC(=O)CC[C@@H]1N=C(c2ccccc2F)c2cc([N+](=O)[O-])ccc2-n2c(SCCN3CCOCC3)nnc21. The van der Waals surface area contributed by atoms with Gasteiger partial charge in [0, 0.05) is 55.1 Å². The molecule has 1 atom stereocenters. The number of nitro benzene ring substituents is 1. The number of aromatic nitrogens is 3.